The number of methoxy groups -OCH3 is 1. The van der Waals surface area contributed by atoms with Crippen molar-refractivity contribution in [3.63, 3.8) is 0 Å². The molecule has 0 bridgehead atoms. The van der Waals surface area contributed by atoms with Crippen molar-refractivity contribution in [3.8, 4) is 11.6 Å². The number of carbonyl (C=O) groups is 1. The number of anilines is 2. The summed E-state index contributed by atoms with van der Waals surface area (Å²) in [7, 11) is 1.04. The van der Waals surface area contributed by atoms with E-state index in [0.29, 0.717) is 28.8 Å². The molecule has 214 valence electrons. The van der Waals surface area contributed by atoms with Gasteiger partial charge in [-0.05, 0) is 31.0 Å². The van der Waals surface area contributed by atoms with Gasteiger partial charge in [-0.1, -0.05) is 26.8 Å². The van der Waals surface area contributed by atoms with Gasteiger partial charge in [0, 0.05) is 57.7 Å². The van der Waals surface area contributed by atoms with Crippen LogP contribution < -0.4 is 19.3 Å². The number of carboxylic acids is 1. The summed E-state index contributed by atoms with van der Waals surface area (Å²) in [6, 6.07) is 4.13. The van der Waals surface area contributed by atoms with Gasteiger partial charge in [0.25, 0.3) is 5.72 Å². The summed E-state index contributed by atoms with van der Waals surface area (Å²) >= 11 is 0. The first kappa shape index (κ1) is 29.0. The topological polar surface area (TPSA) is 137 Å². The third kappa shape index (κ3) is 5.53. The lowest BCUT2D eigenvalue weighted by Gasteiger charge is -2.36. The second kappa shape index (κ2) is 10.2. The van der Waals surface area contributed by atoms with Crippen molar-refractivity contribution in [2.45, 2.75) is 44.9 Å². The number of carboxylic acid groups (broad SMARTS) is 1. The van der Waals surface area contributed by atoms with Crippen LogP contribution in [0.5, 0.6) is 11.6 Å². The van der Waals surface area contributed by atoms with Crippen LogP contribution in [-0.4, -0.2) is 93.7 Å². The number of aryl methyl sites for hydroxylation is 1. The minimum absolute atomic E-state index is 0.302. The molecule has 2 aliphatic heterocycles. The van der Waals surface area contributed by atoms with E-state index >= 15 is 0 Å². The third-order valence-corrected chi connectivity index (χ3v) is 7.94. The van der Waals surface area contributed by atoms with Gasteiger partial charge in [-0.25, -0.2) is 22.9 Å². The molecule has 2 aromatic rings. The molecular weight excluding hydrogens is 524 g/mol. The number of sulfonamides is 1. The van der Waals surface area contributed by atoms with E-state index in [1.165, 1.54) is 12.0 Å². The first-order valence-corrected chi connectivity index (χ1v) is 14.6. The van der Waals surface area contributed by atoms with Gasteiger partial charge in [0.1, 0.15) is 6.04 Å². The van der Waals surface area contributed by atoms with Crippen LogP contribution in [0.4, 0.5) is 11.6 Å². The fourth-order valence-electron chi connectivity index (χ4n) is 5.09. The van der Waals surface area contributed by atoms with E-state index in [-0.39, 0.29) is 5.41 Å². The van der Waals surface area contributed by atoms with Crippen LogP contribution in [0.2, 0.25) is 0 Å². The number of fused-ring (bicyclic) bond motifs is 1. The van der Waals surface area contributed by atoms with Crippen LogP contribution in [-0.2, 0) is 25.0 Å². The van der Waals surface area contributed by atoms with E-state index in [1.807, 2.05) is 39.8 Å². The number of nitrogens with zero attached hydrogens (tertiary/aromatic N) is 5. The Bertz CT molecular complexity index is 1370. The fraction of sp³-hybridized carbons (Fsp3) is 0.577. The maximum Gasteiger partial charge on any atom is 0.359 e. The molecule has 2 aliphatic rings. The molecular formula is C26H38N6O6S. The highest BCUT2D eigenvalue weighted by Gasteiger charge is 2.59. The van der Waals surface area contributed by atoms with Crippen molar-refractivity contribution in [2.24, 2.45) is 0 Å². The minimum atomic E-state index is -3.83. The van der Waals surface area contributed by atoms with Crippen molar-refractivity contribution >= 4 is 27.6 Å². The van der Waals surface area contributed by atoms with Crippen LogP contribution in [0.1, 0.15) is 43.6 Å². The molecule has 1 fully saturated rings. The smallest absolute Gasteiger partial charge is 0.359 e. The van der Waals surface area contributed by atoms with E-state index in [1.54, 1.807) is 13.1 Å². The number of aliphatic carboxylic acids is 1. The molecule has 2 atom stereocenters. The molecule has 2 N–H and O–H groups in total. The van der Waals surface area contributed by atoms with Crippen molar-refractivity contribution < 1.29 is 27.8 Å². The summed E-state index contributed by atoms with van der Waals surface area (Å²) in [6.07, 6.45) is 0.988. The predicted molar refractivity (Wildman–Crippen MR) is 148 cm³/mol. The van der Waals surface area contributed by atoms with Crippen LogP contribution >= 0.6 is 0 Å². The second-order valence-electron chi connectivity index (χ2n) is 11.3. The average Bonchev–Trinajstić information content (AvgIpc) is 3.05. The van der Waals surface area contributed by atoms with Crippen molar-refractivity contribution in [3.05, 3.63) is 35.0 Å². The Kier molecular flexibility index (Phi) is 7.58. The molecule has 0 radical (unpaired) electrons. The monoisotopic (exact) mass is 562 g/mol. The Balaban J connectivity index is 1.88. The summed E-state index contributed by atoms with van der Waals surface area (Å²) in [6.45, 7) is 11.2. The number of nitrogens with one attached hydrogen (secondary N) is 1. The lowest BCUT2D eigenvalue weighted by atomic mass is 9.84. The van der Waals surface area contributed by atoms with Gasteiger partial charge >= 0.3 is 5.97 Å². The van der Waals surface area contributed by atoms with E-state index in [2.05, 4.69) is 31.5 Å². The summed E-state index contributed by atoms with van der Waals surface area (Å²) in [4.78, 5) is 27.8. The lowest BCUT2D eigenvalue weighted by Crippen LogP contribution is -2.59. The number of likely N-dealkylation sites (N-methyl/N-ethyl adjacent to an activating group) is 2. The van der Waals surface area contributed by atoms with E-state index in [0.717, 1.165) is 43.7 Å². The molecule has 1 saturated heterocycles. The normalized spacial score (nSPS) is 22.2. The molecule has 0 spiro atoms. The minimum Gasteiger partial charge on any atom is -0.478 e. The largest absolute Gasteiger partial charge is 0.478 e. The van der Waals surface area contributed by atoms with E-state index in [9.17, 15) is 18.3 Å². The molecule has 0 saturated carbocycles. The van der Waals surface area contributed by atoms with E-state index in [4.69, 9.17) is 9.47 Å². The Morgan fingerprint density at radius 1 is 1.13 bits per heavy atom. The van der Waals surface area contributed by atoms with Crippen LogP contribution in [0.25, 0.3) is 0 Å². The highest BCUT2D eigenvalue weighted by Crippen LogP contribution is 2.53. The first-order valence-electron chi connectivity index (χ1n) is 12.7. The third-order valence-electron chi connectivity index (χ3n) is 7.28. The lowest BCUT2D eigenvalue weighted by molar-refractivity contribution is -0.164. The Labute approximate surface area is 230 Å². The number of aromatic nitrogens is 2. The summed E-state index contributed by atoms with van der Waals surface area (Å²) in [5, 5.41) is 10.3. The van der Waals surface area contributed by atoms with Crippen LogP contribution in [0.15, 0.2) is 18.2 Å². The van der Waals surface area contributed by atoms with Gasteiger partial charge in [0.15, 0.2) is 5.75 Å². The molecule has 12 nitrogen and oxygen atoms in total. The molecule has 4 rings (SSSR count). The quantitative estimate of drug-likeness (QED) is 0.513. The molecule has 0 aliphatic carbocycles. The van der Waals surface area contributed by atoms with Gasteiger partial charge in [0.05, 0.1) is 11.9 Å². The zero-order valence-corrected chi connectivity index (χ0v) is 24.6. The Morgan fingerprint density at radius 3 is 2.31 bits per heavy atom. The van der Waals surface area contributed by atoms with Crippen molar-refractivity contribution in [1.82, 2.24) is 19.6 Å². The van der Waals surface area contributed by atoms with Gasteiger partial charge in [-0.15, -0.1) is 0 Å². The average molecular weight is 563 g/mol. The van der Waals surface area contributed by atoms with Crippen LogP contribution in [0.3, 0.4) is 0 Å². The fourth-order valence-corrected chi connectivity index (χ4v) is 5.81. The number of benzene rings is 1. The number of hydrogen-bond acceptors (Lipinski definition) is 10. The second-order valence-corrected chi connectivity index (χ2v) is 13.1. The molecule has 13 heteroatoms. The summed E-state index contributed by atoms with van der Waals surface area (Å²) in [5.41, 5.74) is -0.0423. The zero-order chi connectivity index (χ0) is 28.9. The maximum atomic E-state index is 12.7. The standard InChI is InChI=1S/C26H38N6O6S/c1-16-13-20(28-24(27-16)32-11-9-30(5)10-12-32)38-19-15-17(25(2,3)4)14-18-21(19)31(6)26(37-7,23(33)34)22(18)29-39(8,35)36/h13-15,22,29H,9-12H2,1-8H3,(H,33,34). The van der Waals surface area contributed by atoms with Gasteiger partial charge in [-0.2, -0.15) is 4.98 Å². The molecule has 0 amide bonds. The van der Waals surface area contributed by atoms with Gasteiger partial charge in [0.2, 0.25) is 21.9 Å². The molecule has 1 aromatic carbocycles. The number of piperazine rings is 1. The van der Waals surface area contributed by atoms with Crippen LogP contribution in [0, 0.1) is 6.92 Å². The predicted octanol–water partition coefficient (Wildman–Crippen LogP) is 2.09. The number of ether oxygens (including phenoxy) is 2. The van der Waals surface area contributed by atoms with E-state index < -0.39 is 27.8 Å². The Hall–Kier alpha value is -3.00. The summed E-state index contributed by atoms with van der Waals surface area (Å²) < 4.78 is 39.3. The first-order chi connectivity index (χ1) is 18.1. The highest BCUT2D eigenvalue weighted by molar-refractivity contribution is 7.88. The molecule has 2 unspecified atom stereocenters. The molecule has 1 aromatic heterocycles. The number of rotatable bonds is 7. The van der Waals surface area contributed by atoms with Gasteiger partial charge < -0.3 is 29.3 Å². The zero-order valence-electron chi connectivity index (χ0n) is 23.8. The SMILES string of the molecule is COC1(C(=O)O)C(NS(C)(=O)=O)c2cc(C(C)(C)C)cc(Oc3cc(C)nc(N4CCN(C)CC4)n3)c2N1C. The number of hydrogen-bond donors (Lipinski definition) is 2. The maximum absolute atomic E-state index is 12.7. The Morgan fingerprint density at radius 2 is 1.77 bits per heavy atom. The molecule has 3 heterocycles. The van der Waals surface area contributed by atoms with Gasteiger partial charge in [-0.3, -0.25) is 0 Å². The van der Waals surface area contributed by atoms with Crippen molar-refractivity contribution in [2.75, 3.05) is 63.4 Å². The summed E-state index contributed by atoms with van der Waals surface area (Å²) in [5.74, 6) is -0.148. The van der Waals surface area contributed by atoms with Crippen molar-refractivity contribution in [1.29, 1.82) is 0 Å². The molecule has 39 heavy (non-hydrogen) atoms. The highest BCUT2D eigenvalue weighted by atomic mass is 32.2.